The normalized spacial score (nSPS) is 10.9. The molecule has 0 fully saturated rings. The highest BCUT2D eigenvalue weighted by Gasteiger charge is 2.12. The second-order valence-corrected chi connectivity index (χ2v) is 5.41. The van der Waals surface area contributed by atoms with Gasteiger partial charge >= 0.3 is 0 Å². The van der Waals surface area contributed by atoms with Crippen molar-refractivity contribution in [1.82, 2.24) is 19.9 Å². The highest BCUT2D eigenvalue weighted by atomic mass is 32.2. The van der Waals surface area contributed by atoms with Crippen LogP contribution in [0.1, 0.15) is 10.4 Å². The summed E-state index contributed by atoms with van der Waals surface area (Å²) in [5, 5.41) is 9.60. The minimum atomic E-state index is -0.410. The van der Waals surface area contributed by atoms with E-state index in [9.17, 15) is 14.7 Å². The minimum absolute atomic E-state index is 0.0132. The minimum Gasteiger partial charge on any atom is -0.508 e. The predicted molar refractivity (Wildman–Crippen MR) is 82.1 cm³/mol. The lowest BCUT2D eigenvalue weighted by molar-refractivity contribution is 0.102. The Morgan fingerprint density at radius 1 is 1.23 bits per heavy atom. The van der Waals surface area contributed by atoms with E-state index in [1.807, 2.05) is 0 Å². The van der Waals surface area contributed by atoms with Crippen LogP contribution in [0.15, 0.2) is 34.2 Å². The van der Waals surface area contributed by atoms with Gasteiger partial charge in [0.05, 0.1) is 5.75 Å². The average Bonchev–Trinajstić information content (AvgIpc) is 2.89. The number of imidazole rings is 1. The van der Waals surface area contributed by atoms with Crippen molar-refractivity contribution in [2.24, 2.45) is 0 Å². The van der Waals surface area contributed by atoms with Crippen LogP contribution < -0.4 is 11.3 Å². The van der Waals surface area contributed by atoms with Crippen LogP contribution in [0.25, 0.3) is 11.2 Å². The zero-order chi connectivity index (χ0) is 15.7. The van der Waals surface area contributed by atoms with Gasteiger partial charge in [0.15, 0.2) is 22.1 Å². The number of nitrogens with two attached hydrogens (primary N) is 1. The molecule has 0 amide bonds. The maximum atomic E-state index is 12.0. The molecule has 2 aromatic heterocycles. The second kappa shape index (κ2) is 5.53. The summed E-state index contributed by atoms with van der Waals surface area (Å²) in [4.78, 5) is 36.9. The monoisotopic (exact) mass is 317 g/mol. The van der Waals surface area contributed by atoms with Crippen molar-refractivity contribution in [1.29, 1.82) is 0 Å². The molecule has 3 rings (SSSR count). The second-order valence-electron chi connectivity index (χ2n) is 4.45. The number of rotatable bonds is 4. The molecule has 5 N–H and O–H groups in total. The number of aromatic amines is 2. The SMILES string of the molecule is Nc1nc2nc(SCC(=O)c3ccc(O)cc3)[nH]c2c(=O)[nH]1. The number of thioether (sulfide) groups is 1. The Labute approximate surface area is 127 Å². The first kappa shape index (κ1) is 14.1. The van der Waals surface area contributed by atoms with Crippen molar-refractivity contribution < 1.29 is 9.90 Å². The lowest BCUT2D eigenvalue weighted by Gasteiger charge is -1.99. The molecule has 0 saturated carbocycles. The summed E-state index contributed by atoms with van der Waals surface area (Å²) < 4.78 is 0. The molecule has 0 bridgehead atoms. The average molecular weight is 317 g/mol. The third-order valence-electron chi connectivity index (χ3n) is 2.89. The van der Waals surface area contributed by atoms with Crippen molar-refractivity contribution in [3.05, 3.63) is 40.2 Å². The molecule has 0 aliphatic rings. The Bertz CT molecular complexity index is 900. The lowest BCUT2D eigenvalue weighted by Crippen LogP contribution is -2.10. The molecule has 0 aliphatic heterocycles. The van der Waals surface area contributed by atoms with Gasteiger partial charge in [-0.1, -0.05) is 11.8 Å². The Hall–Kier alpha value is -2.81. The van der Waals surface area contributed by atoms with Gasteiger partial charge in [0.25, 0.3) is 5.56 Å². The fourth-order valence-corrected chi connectivity index (χ4v) is 2.60. The molecule has 0 saturated heterocycles. The number of H-pyrrole nitrogens is 2. The number of ketones is 1. The van der Waals surface area contributed by atoms with Gasteiger partial charge in [0.1, 0.15) is 5.75 Å². The molecule has 8 nitrogen and oxygen atoms in total. The number of nitrogens with zero attached hydrogens (tertiary/aromatic N) is 2. The summed E-state index contributed by atoms with van der Waals surface area (Å²) >= 11 is 1.16. The number of hydrogen-bond donors (Lipinski definition) is 4. The predicted octanol–water partition coefficient (Wildman–Crippen LogP) is 0.909. The molecule has 9 heteroatoms. The van der Waals surface area contributed by atoms with Crippen molar-refractivity contribution in [3.63, 3.8) is 0 Å². The van der Waals surface area contributed by atoms with Crippen LogP contribution in [0.3, 0.4) is 0 Å². The van der Waals surface area contributed by atoms with E-state index in [2.05, 4.69) is 19.9 Å². The van der Waals surface area contributed by atoms with Gasteiger partial charge in [0.2, 0.25) is 5.95 Å². The van der Waals surface area contributed by atoms with Crippen molar-refractivity contribution in [2.45, 2.75) is 5.16 Å². The molecular weight excluding hydrogens is 306 g/mol. The topological polar surface area (TPSA) is 138 Å². The fraction of sp³-hybridized carbons (Fsp3) is 0.0769. The van der Waals surface area contributed by atoms with Crippen LogP contribution in [-0.2, 0) is 0 Å². The Balaban J connectivity index is 1.76. The van der Waals surface area contributed by atoms with Crippen molar-refractivity contribution in [3.8, 4) is 5.75 Å². The number of aromatic hydroxyl groups is 1. The van der Waals surface area contributed by atoms with Gasteiger partial charge in [-0.3, -0.25) is 14.6 Å². The van der Waals surface area contributed by atoms with Crippen LogP contribution in [0.5, 0.6) is 5.75 Å². The van der Waals surface area contributed by atoms with Crippen molar-refractivity contribution in [2.75, 3.05) is 11.5 Å². The number of phenols is 1. The third-order valence-corrected chi connectivity index (χ3v) is 3.76. The summed E-state index contributed by atoms with van der Waals surface area (Å²) in [5.74, 6) is 0.106. The Morgan fingerprint density at radius 3 is 2.68 bits per heavy atom. The van der Waals surface area contributed by atoms with Crippen LogP contribution in [0.4, 0.5) is 5.95 Å². The van der Waals surface area contributed by atoms with Crippen LogP contribution in [0.2, 0.25) is 0 Å². The molecule has 3 aromatic rings. The van der Waals surface area contributed by atoms with Crippen LogP contribution in [-0.4, -0.2) is 36.6 Å². The Kier molecular flexibility index (Phi) is 3.55. The number of carbonyl (C=O) groups is 1. The number of hydrogen-bond acceptors (Lipinski definition) is 7. The quantitative estimate of drug-likeness (QED) is 0.414. The van der Waals surface area contributed by atoms with Gasteiger partial charge in [-0.25, -0.2) is 4.98 Å². The molecule has 22 heavy (non-hydrogen) atoms. The molecule has 0 atom stereocenters. The van der Waals surface area contributed by atoms with Gasteiger partial charge in [0, 0.05) is 5.56 Å². The van der Waals surface area contributed by atoms with E-state index < -0.39 is 5.56 Å². The molecule has 2 heterocycles. The van der Waals surface area contributed by atoms with Crippen LogP contribution in [0, 0.1) is 0 Å². The van der Waals surface area contributed by atoms with Crippen molar-refractivity contribution >= 4 is 34.7 Å². The van der Waals surface area contributed by atoms with E-state index in [4.69, 9.17) is 5.73 Å². The van der Waals surface area contributed by atoms with Gasteiger partial charge in [-0.15, -0.1) is 0 Å². The van der Waals surface area contributed by atoms with Gasteiger partial charge < -0.3 is 15.8 Å². The number of anilines is 1. The lowest BCUT2D eigenvalue weighted by atomic mass is 10.1. The zero-order valence-electron chi connectivity index (χ0n) is 11.2. The largest absolute Gasteiger partial charge is 0.508 e. The Morgan fingerprint density at radius 2 is 1.95 bits per heavy atom. The van der Waals surface area contributed by atoms with Gasteiger partial charge in [-0.2, -0.15) is 4.98 Å². The molecular formula is C13H11N5O3S. The molecule has 0 spiro atoms. The standard InChI is InChI=1S/C13H11N5O3S/c14-12-16-10-9(11(21)18-12)15-13(17-10)22-5-8(20)6-1-3-7(19)4-2-6/h1-4,19H,5H2,(H4,14,15,16,17,18,21). The summed E-state index contributed by atoms with van der Waals surface area (Å²) in [6.07, 6.45) is 0. The van der Waals surface area contributed by atoms with E-state index in [-0.39, 0.29) is 34.4 Å². The molecule has 0 unspecified atom stereocenters. The number of fused-ring (bicyclic) bond motifs is 1. The van der Waals surface area contributed by atoms with E-state index in [1.54, 1.807) is 12.1 Å². The molecule has 112 valence electrons. The number of Topliss-reactive ketones (excluding diaryl/α,β-unsaturated/α-hetero) is 1. The van der Waals surface area contributed by atoms with E-state index >= 15 is 0 Å². The summed E-state index contributed by atoms with van der Waals surface area (Å²) in [5.41, 5.74) is 5.95. The fourth-order valence-electron chi connectivity index (χ4n) is 1.84. The number of aromatic nitrogens is 4. The first-order chi connectivity index (χ1) is 10.5. The first-order valence-corrected chi connectivity index (χ1v) is 7.22. The third kappa shape index (κ3) is 2.79. The highest BCUT2D eigenvalue weighted by Crippen LogP contribution is 2.19. The highest BCUT2D eigenvalue weighted by molar-refractivity contribution is 7.99. The van der Waals surface area contributed by atoms with E-state index in [1.165, 1.54) is 12.1 Å². The van der Waals surface area contributed by atoms with E-state index in [0.29, 0.717) is 10.7 Å². The molecule has 0 radical (unpaired) electrons. The summed E-state index contributed by atoms with van der Waals surface area (Å²) in [7, 11) is 0. The number of nitrogen functional groups attached to an aromatic ring is 1. The van der Waals surface area contributed by atoms with Gasteiger partial charge in [-0.05, 0) is 24.3 Å². The maximum Gasteiger partial charge on any atom is 0.278 e. The zero-order valence-corrected chi connectivity index (χ0v) is 12.0. The maximum absolute atomic E-state index is 12.0. The van der Waals surface area contributed by atoms with Crippen LogP contribution >= 0.6 is 11.8 Å². The summed E-state index contributed by atoms with van der Waals surface area (Å²) in [6, 6.07) is 5.99. The summed E-state index contributed by atoms with van der Waals surface area (Å²) in [6.45, 7) is 0. The smallest absolute Gasteiger partial charge is 0.278 e. The number of phenolic OH excluding ortho intramolecular Hbond substituents is 1. The number of carbonyl (C=O) groups excluding carboxylic acids is 1. The number of benzene rings is 1. The number of nitrogens with one attached hydrogen (secondary N) is 2. The van der Waals surface area contributed by atoms with E-state index in [0.717, 1.165) is 11.8 Å². The molecule has 0 aliphatic carbocycles. The molecule has 1 aromatic carbocycles. The first-order valence-electron chi connectivity index (χ1n) is 6.23.